The molecule has 1 aromatic heterocycles. The molecule has 0 spiro atoms. The van der Waals surface area contributed by atoms with Crippen molar-refractivity contribution in [3.63, 3.8) is 0 Å². The molecule has 0 amide bonds. The zero-order valence-electron chi connectivity index (χ0n) is 5.87. The average molecular weight is 162 g/mol. The van der Waals surface area contributed by atoms with Gasteiger partial charge in [-0.05, 0) is 12.0 Å². The zero-order chi connectivity index (χ0) is 7.68. The summed E-state index contributed by atoms with van der Waals surface area (Å²) in [4.78, 5) is 5.13. The van der Waals surface area contributed by atoms with E-state index in [0.717, 1.165) is 22.6 Å². The van der Waals surface area contributed by atoms with Gasteiger partial charge < -0.3 is 0 Å². The Bertz CT molecular complexity index is 327. The molecule has 3 heteroatoms. The van der Waals surface area contributed by atoms with Gasteiger partial charge >= 0.3 is 0 Å². The highest BCUT2D eigenvalue weighted by Crippen LogP contribution is 2.32. The molecule has 0 atom stereocenters. The fourth-order valence-electron chi connectivity index (χ4n) is 1.18. The van der Waals surface area contributed by atoms with Crippen molar-refractivity contribution in [1.82, 2.24) is 4.98 Å². The van der Waals surface area contributed by atoms with Crippen LogP contribution in [0.1, 0.15) is 11.1 Å². The molecule has 0 aromatic carbocycles. The third-order valence-electron chi connectivity index (χ3n) is 1.71. The van der Waals surface area contributed by atoms with E-state index < -0.39 is 0 Å². The third-order valence-corrected chi connectivity index (χ3v) is 2.89. The first-order valence-corrected chi connectivity index (χ1v) is 4.40. The van der Waals surface area contributed by atoms with Gasteiger partial charge in [0.05, 0.1) is 5.56 Å². The van der Waals surface area contributed by atoms with Crippen LogP contribution in [0.3, 0.4) is 0 Å². The molecule has 1 aliphatic heterocycles. The van der Waals surface area contributed by atoms with E-state index in [2.05, 4.69) is 11.1 Å². The van der Waals surface area contributed by atoms with Gasteiger partial charge in [-0.15, -0.1) is 11.8 Å². The number of hydrogen-bond acceptors (Lipinski definition) is 3. The standard InChI is InChI=1S/C8H6N2S/c9-3-7-5-10-4-6-1-2-11-8(6)7/h4-5H,1-2H2. The molecule has 1 aliphatic rings. The monoisotopic (exact) mass is 162 g/mol. The molecule has 0 saturated carbocycles. The lowest BCUT2D eigenvalue weighted by Gasteiger charge is -1.96. The second-order valence-corrected chi connectivity index (χ2v) is 3.49. The molecule has 1 aromatic rings. The summed E-state index contributed by atoms with van der Waals surface area (Å²) in [6.45, 7) is 0. The van der Waals surface area contributed by atoms with Crippen molar-refractivity contribution in [1.29, 1.82) is 5.26 Å². The van der Waals surface area contributed by atoms with Crippen molar-refractivity contribution in [2.45, 2.75) is 11.3 Å². The molecule has 0 bridgehead atoms. The van der Waals surface area contributed by atoms with Gasteiger partial charge in [0.25, 0.3) is 0 Å². The smallest absolute Gasteiger partial charge is 0.102 e. The predicted molar refractivity (Wildman–Crippen MR) is 43.4 cm³/mol. The van der Waals surface area contributed by atoms with Crippen LogP contribution >= 0.6 is 11.8 Å². The lowest BCUT2D eigenvalue weighted by atomic mass is 10.2. The Morgan fingerprint density at radius 1 is 1.55 bits per heavy atom. The summed E-state index contributed by atoms with van der Waals surface area (Å²) in [6.07, 6.45) is 4.55. The SMILES string of the molecule is N#Cc1cncc2c1SCC2. The molecule has 2 nitrogen and oxygen atoms in total. The number of nitriles is 1. The van der Waals surface area contributed by atoms with E-state index in [0.29, 0.717) is 0 Å². The molecule has 2 heterocycles. The highest BCUT2D eigenvalue weighted by molar-refractivity contribution is 7.99. The maximum atomic E-state index is 8.70. The van der Waals surface area contributed by atoms with Crippen LogP contribution < -0.4 is 0 Å². The van der Waals surface area contributed by atoms with Crippen molar-refractivity contribution in [3.05, 3.63) is 23.5 Å². The van der Waals surface area contributed by atoms with Crippen LogP contribution in [0.2, 0.25) is 0 Å². The summed E-state index contributed by atoms with van der Waals surface area (Å²) in [7, 11) is 0. The van der Waals surface area contributed by atoms with E-state index in [4.69, 9.17) is 5.26 Å². The van der Waals surface area contributed by atoms with Crippen molar-refractivity contribution in [2.75, 3.05) is 5.75 Å². The fraction of sp³-hybridized carbons (Fsp3) is 0.250. The number of rotatable bonds is 0. The maximum Gasteiger partial charge on any atom is 0.102 e. The van der Waals surface area contributed by atoms with Crippen molar-refractivity contribution in [3.8, 4) is 6.07 Å². The summed E-state index contributed by atoms with van der Waals surface area (Å²) < 4.78 is 0. The molecule has 0 unspecified atom stereocenters. The summed E-state index contributed by atoms with van der Waals surface area (Å²) in [5.74, 6) is 1.09. The van der Waals surface area contributed by atoms with E-state index in [1.165, 1.54) is 5.56 Å². The molecule has 0 saturated heterocycles. The number of aromatic nitrogens is 1. The lowest BCUT2D eigenvalue weighted by molar-refractivity contribution is 1.08. The lowest BCUT2D eigenvalue weighted by Crippen LogP contribution is -1.85. The fourth-order valence-corrected chi connectivity index (χ4v) is 2.30. The summed E-state index contributed by atoms with van der Waals surface area (Å²) >= 11 is 1.76. The normalized spacial score (nSPS) is 14.1. The van der Waals surface area contributed by atoms with Gasteiger partial charge in [-0.25, -0.2) is 0 Å². The highest BCUT2D eigenvalue weighted by atomic mass is 32.2. The number of nitrogens with zero attached hydrogens (tertiary/aromatic N) is 2. The van der Waals surface area contributed by atoms with E-state index in [1.807, 2.05) is 6.20 Å². The summed E-state index contributed by atoms with van der Waals surface area (Å²) in [5, 5.41) is 8.70. The average Bonchev–Trinajstić information content (AvgIpc) is 2.50. The second-order valence-electron chi connectivity index (χ2n) is 2.39. The summed E-state index contributed by atoms with van der Waals surface area (Å²) in [6, 6.07) is 2.14. The Balaban J connectivity index is 2.61. The molecule has 0 N–H and O–H groups in total. The van der Waals surface area contributed by atoms with Crippen LogP contribution in [0.25, 0.3) is 0 Å². The van der Waals surface area contributed by atoms with Crippen molar-refractivity contribution < 1.29 is 0 Å². The maximum absolute atomic E-state index is 8.70. The Labute approximate surface area is 69.3 Å². The van der Waals surface area contributed by atoms with E-state index >= 15 is 0 Å². The largest absolute Gasteiger partial charge is 0.263 e. The topological polar surface area (TPSA) is 36.7 Å². The molecule has 0 radical (unpaired) electrons. The number of aryl methyl sites for hydroxylation is 1. The first-order chi connectivity index (χ1) is 5.42. The second kappa shape index (κ2) is 2.55. The molecule has 11 heavy (non-hydrogen) atoms. The Kier molecular flexibility index (Phi) is 1.55. The van der Waals surface area contributed by atoms with Gasteiger partial charge in [-0.1, -0.05) is 0 Å². The molecular formula is C8H6N2S. The first kappa shape index (κ1) is 6.68. The Hall–Kier alpha value is -1.01. The quantitative estimate of drug-likeness (QED) is 0.581. The van der Waals surface area contributed by atoms with Crippen LogP contribution in [0, 0.1) is 11.3 Å². The van der Waals surface area contributed by atoms with Crippen LogP contribution in [0.15, 0.2) is 17.3 Å². The van der Waals surface area contributed by atoms with Crippen molar-refractivity contribution in [2.24, 2.45) is 0 Å². The first-order valence-electron chi connectivity index (χ1n) is 3.41. The van der Waals surface area contributed by atoms with E-state index in [1.54, 1.807) is 18.0 Å². The zero-order valence-corrected chi connectivity index (χ0v) is 6.69. The van der Waals surface area contributed by atoms with Crippen LogP contribution in [0.5, 0.6) is 0 Å². The van der Waals surface area contributed by atoms with Gasteiger partial charge in [-0.3, -0.25) is 4.98 Å². The van der Waals surface area contributed by atoms with Gasteiger partial charge in [0.2, 0.25) is 0 Å². The highest BCUT2D eigenvalue weighted by Gasteiger charge is 2.14. The van der Waals surface area contributed by atoms with Crippen LogP contribution in [0.4, 0.5) is 0 Å². The molecular weight excluding hydrogens is 156 g/mol. The van der Waals surface area contributed by atoms with Gasteiger partial charge in [0.1, 0.15) is 6.07 Å². The number of hydrogen-bond donors (Lipinski definition) is 0. The number of fused-ring (bicyclic) bond motifs is 1. The van der Waals surface area contributed by atoms with E-state index in [9.17, 15) is 0 Å². The van der Waals surface area contributed by atoms with E-state index in [-0.39, 0.29) is 0 Å². The van der Waals surface area contributed by atoms with Crippen molar-refractivity contribution >= 4 is 11.8 Å². The van der Waals surface area contributed by atoms with Crippen LogP contribution in [-0.2, 0) is 6.42 Å². The Morgan fingerprint density at radius 3 is 3.27 bits per heavy atom. The third kappa shape index (κ3) is 0.997. The molecule has 2 rings (SSSR count). The summed E-state index contributed by atoms with van der Waals surface area (Å²) in [5.41, 5.74) is 1.96. The molecule has 0 aliphatic carbocycles. The number of thioether (sulfide) groups is 1. The molecule has 0 fully saturated rings. The minimum Gasteiger partial charge on any atom is -0.263 e. The van der Waals surface area contributed by atoms with Crippen LogP contribution in [-0.4, -0.2) is 10.7 Å². The molecule has 54 valence electrons. The number of pyridine rings is 1. The predicted octanol–water partition coefficient (Wildman–Crippen LogP) is 1.60. The van der Waals surface area contributed by atoms with Gasteiger partial charge in [0, 0.05) is 23.0 Å². The van der Waals surface area contributed by atoms with Gasteiger partial charge in [0.15, 0.2) is 0 Å². The Morgan fingerprint density at radius 2 is 2.45 bits per heavy atom. The van der Waals surface area contributed by atoms with Gasteiger partial charge in [-0.2, -0.15) is 5.26 Å². The minimum absolute atomic E-state index is 0.727. The minimum atomic E-state index is 0.727.